The third-order valence-electron chi connectivity index (χ3n) is 11.6. The number of carboxylic acid groups (broad SMARTS) is 2. The number of H-pyrrole nitrogens is 2. The molecule has 6 rings (SSSR count). The highest BCUT2D eigenvalue weighted by Crippen LogP contribution is 2.18. The summed E-state index contributed by atoms with van der Waals surface area (Å²) in [6.45, 7) is 1.58. The number of anilines is 2. The van der Waals surface area contributed by atoms with Gasteiger partial charge in [0.1, 0.15) is 18.1 Å². The smallest absolute Gasteiger partial charge is 0.328 e. The highest BCUT2D eigenvalue weighted by molar-refractivity contribution is 6.00. The topological polar surface area (TPSA) is 421 Å². The summed E-state index contributed by atoms with van der Waals surface area (Å²) in [4.78, 5) is 129. The van der Waals surface area contributed by atoms with E-state index in [1.54, 1.807) is 89.9 Å². The number of nitrogens with two attached hydrogens (primary N) is 1. The molecule has 0 aliphatic heterocycles. The Bertz CT molecular complexity index is 2970. The van der Waals surface area contributed by atoms with Gasteiger partial charge in [-0.2, -0.15) is 10.2 Å². The minimum Gasteiger partial charge on any atom is -0.480 e. The molecule has 0 bridgehead atoms. The van der Waals surface area contributed by atoms with Gasteiger partial charge in [-0.15, -0.1) is 0 Å². The number of aromatic nitrogens is 8. The molecular weight excluding hydrogens is 993 g/mol. The zero-order valence-corrected chi connectivity index (χ0v) is 41.3. The van der Waals surface area contributed by atoms with E-state index in [-0.39, 0.29) is 24.0 Å². The lowest BCUT2D eigenvalue weighted by Gasteiger charge is -2.21. The van der Waals surface area contributed by atoms with Crippen LogP contribution in [-0.2, 0) is 46.7 Å². The van der Waals surface area contributed by atoms with Crippen molar-refractivity contribution in [2.75, 3.05) is 49.9 Å². The molecule has 0 fully saturated rings. The molecule has 4 atom stereocenters. The first-order valence-electron chi connectivity index (χ1n) is 24.2. The van der Waals surface area contributed by atoms with Crippen LogP contribution in [0.4, 0.5) is 11.9 Å². The van der Waals surface area contributed by atoms with E-state index in [0.717, 1.165) is 23.9 Å². The number of hydrogen-bond acceptors (Lipinski definition) is 16. The molecule has 0 radical (unpaired) electrons. The number of carbonyl (C=O) groups excluding carboxylic acids is 7. The molecule has 29 nitrogen and oxygen atoms in total. The number of aromatic amines is 2. The lowest BCUT2D eigenvalue weighted by molar-refractivity contribution is -0.142. The van der Waals surface area contributed by atoms with Crippen molar-refractivity contribution >= 4 is 87.0 Å². The number of rotatable bonds is 31. The van der Waals surface area contributed by atoms with Gasteiger partial charge < -0.3 is 73.8 Å². The maximum atomic E-state index is 13.3. The van der Waals surface area contributed by atoms with Gasteiger partial charge in [0.05, 0.1) is 42.6 Å². The van der Waals surface area contributed by atoms with Crippen LogP contribution in [0.25, 0.3) is 21.8 Å². The zero-order valence-electron chi connectivity index (χ0n) is 41.3. The third kappa shape index (κ3) is 16.6. The number of fused-ring (bicyclic) bond motifs is 2. The second kappa shape index (κ2) is 27.6. The second-order valence-corrected chi connectivity index (χ2v) is 17.2. The molecule has 0 saturated heterocycles. The van der Waals surface area contributed by atoms with Gasteiger partial charge in [-0.1, -0.05) is 6.92 Å². The molecule has 15 N–H and O–H groups in total. The number of nitrogens with zero attached hydrogens (tertiary/aromatic N) is 6. The van der Waals surface area contributed by atoms with Crippen LogP contribution in [0.3, 0.4) is 0 Å². The van der Waals surface area contributed by atoms with Crippen molar-refractivity contribution < 1.29 is 53.4 Å². The predicted octanol–water partition coefficient (Wildman–Crippen LogP) is -1.63. The summed E-state index contributed by atoms with van der Waals surface area (Å²) in [7, 11) is 0. The molecular formula is C47H60N18O11. The monoisotopic (exact) mass is 1050 g/mol. The maximum Gasteiger partial charge on any atom is 0.328 e. The molecule has 0 spiro atoms. The summed E-state index contributed by atoms with van der Waals surface area (Å²) in [6, 6.07) is 4.07. The van der Waals surface area contributed by atoms with Gasteiger partial charge in [0.2, 0.25) is 29.5 Å². The first-order chi connectivity index (χ1) is 36.6. The number of imidazole rings is 2. The Morgan fingerprint density at radius 1 is 0.618 bits per heavy atom. The van der Waals surface area contributed by atoms with Crippen molar-refractivity contribution in [1.29, 1.82) is 0 Å². The summed E-state index contributed by atoms with van der Waals surface area (Å²) < 4.78 is 3.57. The van der Waals surface area contributed by atoms with Gasteiger partial charge in [-0.3, -0.25) is 42.9 Å². The normalized spacial score (nSPS) is 12.6. The summed E-state index contributed by atoms with van der Waals surface area (Å²) >= 11 is 0. The van der Waals surface area contributed by atoms with Gasteiger partial charge in [0, 0.05) is 92.4 Å². The Morgan fingerprint density at radius 3 is 1.55 bits per heavy atom. The van der Waals surface area contributed by atoms with Crippen molar-refractivity contribution in [3.63, 3.8) is 0 Å². The van der Waals surface area contributed by atoms with Gasteiger partial charge in [-0.05, 0) is 62.1 Å². The van der Waals surface area contributed by atoms with Gasteiger partial charge in [0.15, 0.2) is 11.9 Å². The maximum absolute atomic E-state index is 13.3. The molecule has 2 aromatic carbocycles. The van der Waals surface area contributed by atoms with Crippen LogP contribution in [0.15, 0.2) is 73.6 Å². The third-order valence-corrected chi connectivity index (χ3v) is 11.6. The molecule has 4 heterocycles. The van der Waals surface area contributed by atoms with E-state index in [0.29, 0.717) is 48.8 Å². The molecule has 4 aromatic heterocycles. The van der Waals surface area contributed by atoms with Crippen LogP contribution in [-0.4, -0.2) is 166 Å². The fourth-order valence-corrected chi connectivity index (χ4v) is 7.46. The molecule has 6 aromatic rings. The van der Waals surface area contributed by atoms with Crippen molar-refractivity contribution in [3.8, 4) is 0 Å². The molecule has 2 unspecified atom stereocenters. The Hall–Kier alpha value is -9.41. The van der Waals surface area contributed by atoms with Gasteiger partial charge in [-0.25, -0.2) is 19.6 Å². The first-order valence-corrected chi connectivity index (χ1v) is 24.2. The van der Waals surface area contributed by atoms with Gasteiger partial charge >= 0.3 is 11.9 Å². The largest absolute Gasteiger partial charge is 0.480 e. The summed E-state index contributed by atoms with van der Waals surface area (Å²) in [6.07, 6.45) is 10.8. The highest BCUT2D eigenvalue weighted by atomic mass is 16.4. The minimum atomic E-state index is -1.62. The van der Waals surface area contributed by atoms with Crippen LogP contribution in [0.1, 0.15) is 59.7 Å². The Kier molecular flexibility index (Phi) is 20.3. The number of aliphatic carboxylic acids is 2. The first kappa shape index (κ1) is 55.9. The van der Waals surface area contributed by atoms with Crippen molar-refractivity contribution in [2.24, 2.45) is 5.73 Å². The van der Waals surface area contributed by atoms with Crippen molar-refractivity contribution in [3.05, 3.63) is 84.7 Å². The number of carboxylic acids is 2. The van der Waals surface area contributed by atoms with E-state index in [4.69, 9.17) is 5.73 Å². The summed E-state index contributed by atoms with van der Waals surface area (Å²) in [5.74, 6) is -7.23. The van der Waals surface area contributed by atoms with E-state index in [9.17, 15) is 53.4 Å². The fraction of sp³-hybridized carbons (Fsp3) is 0.383. The van der Waals surface area contributed by atoms with E-state index >= 15 is 0 Å². The van der Waals surface area contributed by atoms with E-state index in [1.165, 1.54) is 0 Å². The van der Waals surface area contributed by atoms with Crippen LogP contribution in [0, 0.1) is 0 Å². The van der Waals surface area contributed by atoms with E-state index in [2.05, 4.69) is 78.0 Å². The quantitative estimate of drug-likeness (QED) is 0.0217. The summed E-state index contributed by atoms with van der Waals surface area (Å²) in [5.41, 5.74) is 7.83. The average Bonchev–Trinajstić information content (AvgIpc) is 4.27. The summed E-state index contributed by atoms with van der Waals surface area (Å²) in [5, 5.41) is 52.4. The SMILES string of the molecule is CCC(N)C(=O)NC(CCC(=O)NCC(=O)N[C@@H](CNC(=O)c1ccc2c(cnn2CCCNc2ncc[nH]2)c1)C(=O)O)C(=O)NCC(=O)N[C@@H](CNC(=O)c1ccc2c(cnn2CCCNc2ncc[nH]2)c1)C(=O)O. The standard InChI is InChI=1S/C47H60N18O11/c1-2-31(48)42(71)63-32(43(72)58-26-39(68)62-34(45(75)76)24-57-41(70)28-6-9-36-30(20-28)22-60-65(36)18-4-12-50-47-53-15-16-54-47)7-10-37(66)55-25-38(67)61-33(44(73)74)23-56-40(69)27-5-8-35-29(19-27)21-59-64(35)17-3-11-49-46-51-13-14-52-46/h5-6,8-9,13-16,19-22,31-34H,2-4,7,10-12,17-18,23-26,48H2,1H3,(H,55,66)(H,56,69)(H,57,70)(H,58,72)(H,61,67)(H,62,68)(H,63,71)(H,73,74)(H,75,76)(H2,49,51,52)(H2,50,53,54)/t31?,32?,33-,34-/m0/s1. The highest BCUT2D eigenvalue weighted by Gasteiger charge is 2.27. The Morgan fingerprint density at radius 2 is 1.11 bits per heavy atom. The molecule has 0 aliphatic rings. The van der Waals surface area contributed by atoms with Crippen molar-refractivity contribution in [2.45, 2.75) is 76.3 Å². The van der Waals surface area contributed by atoms with Crippen LogP contribution in [0.2, 0.25) is 0 Å². The number of nitrogens with one attached hydrogen (secondary N) is 11. The second-order valence-electron chi connectivity index (χ2n) is 17.2. The number of carbonyl (C=O) groups is 9. The van der Waals surface area contributed by atoms with Crippen LogP contribution >= 0.6 is 0 Å². The molecule has 404 valence electrons. The number of hydrogen-bond donors (Lipinski definition) is 14. The Labute approximate surface area is 432 Å². The molecule has 0 saturated carbocycles. The lowest BCUT2D eigenvalue weighted by atomic mass is 10.1. The number of benzene rings is 2. The van der Waals surface area contributed by atoms with Gasteiger partial charge in [0.25, 0.3) is 11.8 Å². The number of amides is 7. The fourth-order valence-electron chi connectivity index (χ4n) is 7.46. The van der Waals surface area contributed by atoms with E-state index in [1.807, 2.05) is 0 Å². The molecule has 0 aliphatic carbocycles. The zero-order chi connectivity index (χ0) is 54.6. The number of aryl methyl sites for hydroxylation is 2. The molecule has 76 heavy (non-hydrogen) atoms. The average molecular weight is 1050 g/mol. The molecule has 29 heteroatoms. The Balaban J connectivity index is 0.913. The minimum absolute atomic E-state index is 0.188. The van der Waals surface area contributed by atoms with Crippen LogP contribution < -0.4 is 53.6 Å². The van der Waals surface area contributed by atoms with Crippen molar-refractivity contribution in [1.82, 2.24) is 76.7 Å². The lowest BCUT2D eigenvalue weighted by Crippen LogP contribution is -2.54. The predicted molar refractivity (Wildman–Crippen MR) is 272 cm³/mol. The van der Waals surface area contributed by atoms with Crippen LogP contribution in [0.5, 0.6) is 0 Å². The molecule has 7 amide bonds. The van der Waals surface area contributed by atoms with E-state index < -0.39 is 110 Å².